The minimum atomic E-state index is -0.738. The maximum absolute atomic E-state index is 11.6. The molecule has 0 unspecified atom stereocenters. The van der Waals surface area contributed by atoms with Crippen molar-refractivity contribution in [3.05, 3.63) is 52.6 Å². The SMILES string of the molecule is COc1ccc2nccc([C@@H](O)CC[C@@H]3CCN(CCCCc4nccs4)C[C@@H]3CC(=O)O)c2c1. The van der Waals surface area contributed by atoms with Crippen molar-refractivity contribution in [2.45, 2.75) is 51.0 Å². The van der Waals surface area contributed by atoms with Gasteiger partial charge < -0.3 is 19.8 Å². The summed E-state index contributed by atoms with van der Waals surface area (Å²) in [6.45, 7) is 2.81. The van der Waals surface area contributed by atoms with Crippen molar-refractivity contribution >= 4 is 28.2 Å². The molecule has 0 saturated carbocycles. The Balaban J connectivity index is 1.32. The highest BCUT2D eigenvalue weighted by atomic mass is 32.1. The van der Waals surface area contributed by atoms with Gasteiger partial charge >= 0.3 is 5.97 Å². The molecule has 0 spiro atoms. The number of unbranched alkanes of at least 4 members (excludes halogenated alkanes) is 1. The highest BCUT2D eigenvalue weighted by Gasteiger charge is 2.31. The van der Waals surface area contributed by atoms with E-state index >= 15 is 0 Å². The van der Waals surface area contributed by atoms with E-state index in [1.165, 1.54) is 5.01 Å². The number of rotatable bonds is 12. The van der Waals surface area contributed by atoms with Crippen LogP contribution in [-0.2, 0) is 11.2 Å². The van der Waals surface area contributed by atoms with Crippen molar-refractivity contribution in [3.63, 3.8) is 0 Å². The summed E-state index contributed by atoms with van der Waals surface area (Å²) in [6, 6.07) is 7.56. The number of carboxylic acid groups (broad SMARTS) is 1. The lowest BCUT2D eigenvalue weighted by atomic mass is 9.79. The molecular formula is C27H35N3O4S. The topological polar surface area (TPSA) is 95.8 Å². The lowest BCUT2D eigenvalue weighted by Gasteiger charge is -2.38. The van der Waals surface area contributed by atoms with Crippen LogP contribution in [0.2, 0.25) is 0 Å². The number of methoxy groups -OCH3 is 1. The average Bonchev–Trinajstić information content (AvgIpc) is 3.38. The van der Waals surface area contributed by atoms with Crippen LogP contribution in [0.3, 0.4) is 0 Å². The van der Waals surface area contributed by atoms with Crippen molar-refractivity contribution < 1.29 is 19.7 Å². The fourth-order valence-corrected chi connectivity index (χ4v) is 5.94. The zero-order chi connectivity index (χ0) is 24.6. The number of aliphatic carboxylic acids is 1. The van der Waals surface area contributed by atoms with Crippen molar-refractivity contribution in [1.82, 2.24) is 14.9 Å². The molecule has 8 heteroatoms. The second-order valence-electron chi connectivity index (χ2n) is 9.47. The van der Waals surface area contributed by atoms with Gasteiger partial charge in [0, 0.05) is 36.1 Å². The summed E-state index contributed by atoms with van der Waals surface area (Å²) < 4.78 is 5.35. The van der Waals surface area contributed by atoms with E-state index in [0.717, 1.165) is 74.0 Å². The van der Waals surface area contributed by atoms with Crippen molar-refractivity contribution in [1.29, 1.82) is 0 Å². The zero-order valence-electron chi connectivity index (χ0n) is 20.3. The second kappa shape index (κ2) is 12.4. The molecule has 1 fully saturated rings. The Labute approximate surface area is 210 Å². The summed E-state index contributed by atoms with van der Waals surface area (Å²) in [6.07, 6.45) is 8.75. The van der Waals surface area contributed by atoms with Gasteiger partial charge in [-0.2, -0.15) is 0 Å². The van der Waals surface area contributed by atoms with Crippen molar-refractivity contribution in [3.8, 4) is 5.75 Å². The Kier molecular flexibility index (Phi) is 9.06. The normalized spacial score (nSPS) is 19.6. The first-order valence-corrected chi connectivity index (χ1v) is 13.3. The number of fused-ring (bicyclic) bond motifs is 1. The Hall–Kier alpha value is -2.55. The number of hydrogen-bond acceptors (Lipinski definition) is 7. The van der Waals surface area contributed by atoms with Gasteiger partial charge in [-0.3, -0.25) is 9.78 Å². The Morgan fingerprint density at radius 3 is 2.89 bits per heavy atom. The minimum absolute atomic E-state index is 0.113. The summed E-state index contributed by atoms with van der Waals surface area (Å²) in [7, 11) is 1.63. The molecule has 35 heavy (non-hydrogen) atoms. The number of likely N-dealkylation sites (tertiary alicyclic amines) is 1. The molecule has 1 saturated heterocycles. The van der Waals surface area contributed by atoms with Crippen LogP contribution >= 0.6 is 11.3 Å². The summed E-state index contributed by atoms with van der Waals surface area (Å²) in [5.74, 6) is 0.412. The van der Waals surface area contributed by atoms with Crippen LogP contribution in [0.1, 0.15) is 55.2 Å². The van der Waals surface area contributed by atoms with Crippen LogP contribution in [-0.4, -0.2) is 57.8 Å². The second-order valence-corrected chi connectivity index (χ2v) is 10.4. The first-order chi connectivity index (χ1) is 17.0. The number of piperidine rings is 1. The van der Waals surface area contributed by atoms with E-state index in [0.29, 0.717) is 12.3 Å². The number of aromatic nitrogens is 2. The van der Waals surface area contributed by atoms with Gasteiger partial charge in [-0.1, -0.05) is 0 Å². The van der Waals surface area contributed by atoms with Gasteiger partial charge in [0.2, 0.25) is 0 Å². The quantitative estimate of drug-likeness (QED) is 0.342. The number of ether oxygens (including phenoxy) is 1. The maximum Gasteiger partial charge on any atom is 0.303 e. The fraction of sp³-hybridized carbons (Fsp3) is 0.519. The number of nitrogens with zero attached hydrogens (tertiary/aromatic N) is 3. The van der Waals surface area contributed by atoms with E-state index in [1.54, 1.807) is 24.6 Å². The molecule has 3 atom stereocenters. The maximum atomic E-state index is 11.6. The molecular weight excluding hydrogens is 462 g/mol. The number of thiazole rings is 1. The molecule has 1 aliphatic heterocycles. The average molecular weight is 498 g/mol. The van der Waals surface area contributed by atoms with E-state index in [2.05, 4.69) is 14.9 Å². The van der Waals surface area contributed by atoms with Gasteiger partial charge in [-0.25, -0.2) is 4.98 Å². The monoisotopic (exact) mass is 497 g/mol. The molecule has 1 aromatic carbocycles. The van der Waals surface area contributed by atoms with Crippen LogP contribution in [0, 0.1) is 11.8 Å². The molecule has 3 heterocycles. The lowest BCUT2D eigenvalue weighted by molar-refractivity contribution is -0.139. The highest BCUT2D eigenvalue weighted by Crippen LogP contribution is 2.34. The molecule has 1 aliphatic rings. The standard InChI is InChI=1S/C27H35N3O4S/c1-34-21-6-7-24-23(17-21)22(9-11-28-24)25(31)8-5-19-10-14-30(18-20(19)16-27(32)33)13-3-2-4-26-29-12-15-35-26/h6-7,9,11-12,15,17,19-20,25,31H,2-5,8,10,13-14,16,18H2,1H3,(H,32,33)/t19-,20+,25+/m1/s1. The van der Waals surface area contributed by atoms with Crippen LogP contribution < -0.4 is 4.74 Å². The van der Waals surface area contributed by atoms with Gasteiger partial charge in [-0.05, 0) is 93.3 Å². The van der Waals surface area contributed by atoms with Crippen molar-refractivity contribution in [2.75, 3.05) is 26.7 Å². The Morgan fingerprint density at radius 1 is 1.23 bits per heavy atom. The van der Waals surface area contributed by atoms with E-state index in [-0.39, 0.29) is 12.3 Å². The van der Waals surface area contributed by atoms with Crippen LogP contribution in [0.5, 0.6) is 5.75 Å². The predicted octanol–water partition coefficient (Wildman–Crippen LogP) is 4.95. The molecule has 0 radical (unpaired) electrons. The third kappa shape index (κ3) is 6.99. The third-order valence-electron chi connectivity index (χ3n) is 7.16. The van der Waals surface area contributed by atoms with Crippen LogP contribution in [0.25, 0.3) is 10.9 Å². The number of benzene rings is 1. The number of hydrogen-bond donors (Lipinski definition) is 2. The Bertz CT molecular complexity index is 1090. The number of carboxylic acids is 1. The van der Waals surface area contributed by atoms with Gasteiger partial charge in [0.15, 0.2) is 0 Å². The molecule has 188 valence electrons. The predicted molar refractivity (Wildman–Crippen MR) is 138 cm³/mol. The van der Waals surface area contributed by atoms with E-state index < -0.39 is 12.1 Å². The zero-order valence-corrected chi connectivity index (χ0v) is 21.1. The van der Waals surface area contributed by atoms with Gasteiger partial charge in [0.1, 0.15) is 5.75 Å². The Morgan fingerprint density at radius 2 is 2.11 bits per heavy atom. The first kappa shape index (κ1) is 25.5. The highest BCUT2D eigenvalue weighted by molar-refractivity contribution is 7.09. The summed E-state index contributed by atoms with van der Waals surface area (Å²) >= 11 is 1.70. The summed E-state index contributed by atoms with van der Waals surface area (Å²) in [5, 5.41) is 24.7. The molecule has 0 bridgehead atoms. The van der Waals surface area contributed by atoms with E-state index in [4.69, 9.17) is 4.74 Å². The minimum Gasteiger partial charge on any atom is -0.497 e. The molecule has 2 aromatic heterocycles. The fourth-order valence-electron chi connectivity index (χ4n) is 5.27. The van der Waals surface area contributed by atoms with E-state index in [1.807, 2.05) is 35.8 Å². The molecule has 3 aromatic rings. The molecule has 2 N–H and O–H groups in total. The number of aliphatic hydroxyl groups excluding tert-OH is 1. The largest absolute Gasteiger partial charge is 0.497 e. The van der Waals surface area contributed by atoms with E-state index in [9.17, 15) is 15.0 Å². The number of carbonyl (C=O) groups is 1. The summed E-state index contributed by atoms with van der Waals surface area (Å²) in [4.78, 5) is 22.8. The first-order valence-electron chi connectivity index (χ1n) is 12.5. The molecule has 0 aliphatic carbocycles. The number of pyridine rings is 1. The van der Waals surface area contributed by atoms with Gasteiger partial charge in [0.05, 0.1) is 23.7 Å². The smallest absolute Gasteiger partial charge is 0.303 e. The van der Waals surface area contributed by atoms with Gasteiger partial charge in [-0.15, -0.1) is 11.3 Å². The summed E-state index contributed by atoms with van der Waals surface area (Å²) in [5.41, 5.74) is 1.68. The lowest BCUT2D eigenvalue weighted by Crippen LogP contribution is -2.41. The molecule has 7 nitrogen and oxygen atoms in total. The molecule has 4 rings (SSSR count). The number of aliphatic hydroxyl groups is 1. The third-order valence-corrected chi connectivity index (χ3v) is 8.00. The van der Waals surface area contributed by atoms with Crippen LogP contribution in [0.4, 0.5) is 0 Å². The van der Waals surface area contributed by atoms with Crippen LogP contribution in [0.15, 0.2) is 42.0 Å². The van der Waals surface area contributed by atoms with Crippen molar-refractivity contribution in [2.24, 2.45) is 11.8 Å². The number of aryl methyl sites for hydroxylation is 1. The van der Waals surface area contributed by atoms with Gasteiger partial charge in [0.25, 0.3) is 0 Å². The molecule has 0 amide bonds.